The monoisotopic (exact) mass is 308 g/mol. The molecule has 1 heterocycles. The lowest BCUT2D eigenvalue weighted by Crippen LogP contribution is -2.29. The summed E-state index contributed by atoms with van der Waals surface area (Å²) in [6, 6.07) is 0.509. The Morgan fingerprint density at radius 3 is 2.29 bits per heavy atom. The molecule has 0 amide bonds. The van der Waals surface area contributed by atoms with E-state index in [9.17, 15) is 0 Å². The van der Waals surface area contributed by atoms with Crippen molar-refractivity contribution in [1.82, 2.24) is 9.97 Å². The quantitative estimate of drug-likeness (QED) is 0.890. The van der Waals surface area contributed by atoms with E-state index >= 15 is 0 Å². The maximum absolute atomic E-state index is 6.07. The second kappa shape index (κ2) is 6.42. The number of hydrogen-bond donors (Lipinski definition) is 2. The lowest BCUT2D eigenvalue weighted by Gasteiger charge is -2.29. The number of aromatic nitrogens is 2. The van der Waals surface area contributed by atoms with Crippen molar-refractivity contribution >= 4 is 23.4 Å². The lowest BCUT2D eigenvalue weighted by atomic mass is 9.94. The van der Waals surface area contributed by atoms with E-state index in [0.717, 1.165) is 22.5 Å². The Hall–Kier alpha value is -0.970. The van der Waals surface area contributed by atoms with Gasteiger partial charge in [-0.05, 0) is 38.9 Å². The largest absolute Gasteiger partial charge is 0.383 e. The average Bonchev–Trinajstić information content (AvgIpc) is 2.43. The third-order valence-electron chi connectivity index (χ3n) is 4.20. The first-order valence-electron chi connectivity index (χ1n) is 7.75. The van der Waals surface area contributed by atoms with Crippen LogP contribution in [0.15, 0.2) is 0 Å². The molecule has 0 saturated heterocycles. The zero-order valence-corrected chi connectivity index (χ0v) is 14.7. The molecule has 0 unspecified atom stereocenters. The van der Waals surface area contributed by atoms with Crippen LogP contribution in [0.25, 0.3) is 0 Å². The average molecular weight is 308 g/mol. The molecule has 0 atom stereocenters. The molecular weight excluding hydrogens is 280 g/mol. The first kappa shape index (κ1) is 16.4. The molecule has 1 aromatic rings. The molecule has 0 spiro atoms. The van der Waals surface area contributed by atoms with Crippen molar-refractivity contribution < 1.29 is 0 Å². The van der Waals surface area contributed by atoms with Gasteiger partial charge >= 0.3 is 0 Å². The molecule has 1 aliphatic rings. The summed E-state index contributed by atoms with van der Waals surface area (Å²) in [5, 5.41) is 4.43. The number of hydrogen-bond acceptors (Lipinski definition) is 5. The van der Waals surface area contributed by atoms with Crippen LogP contribution in [0.1, 0.15) is 57.8 Å². The van der Waals surface area contributed by atoms with E-state index in [1.165, 1.54) is 25.7 Å². The van der Waals surface area contributed by atoms with Crippen molar-refractivity contribution in [2.24, 2.45) is 0 Å². The van der Waals surface area contributed by atoms with Crippen LogP contribution in [0.4, 0.5) is 11.6 Å². The summed E-state index contributed by atoms with van der Waals surface area (Å²) in [6.45, 7) is 8.34. The van der Waals surface area contributed by atoms with Gasteiger partial charge in [0.1, 0.15) is 17.5 Å². The minimum Gasteiger partial charge on any atom is -0.383 e. The van der Waals surface area contributed by atoms with Gasteiger partial charge in [0.25, 0.3) is 0 Å². The molecule has 5 heteroatoms. The molecule has 0 radical (unpaired) electrons. The first-order valence-corrected chi connectivity index (χ1v) is 9.04. The van der Waals surface area contributed by atoms with Crippen LogP contribution in [-0.2, 0) is 5.41 Å². The molecule has 1 aromatic heterocycles. The van der Waals surface area contributed by atoms with Gasteiger partial charge in [-0.25, -0.2) is 9.97 Å². The molecule has 21 heavy (non-hydrogen) atoms. The minimum atomic E-state index is -0.0885. The van der Waals surface area contributed by atoms with E-state index in [-0.39, 0.29) is 5.41 Å². The molecule has 0 bridgehead atoms. The van der Waals surface area contributed by atoms with E-state index in [4.69, 9.17) is 10.7 Å². The van der Waals surface area contributed by atoms with Gasteiger partial charge < -0.3 is 11.1 Å². The van der Waals surface area contributed by atoms with Crippen molar-refractivity contribution in [3.63, 3.8) is 0 Å². The number of nitrogens with two attached hydrogens (primary N) is 1. The fourth-order valence-corrected chi connectivity index (χ4v) is 3.39. The predicted octanol–water partition coefficient (Wildman–Crippen LogP) is 3.75. The standard InChI is InChI=1S/C16H28N4S/c1-10-13(17)19-15(16(2,3)4)20-14(10)18-11-6-8-12(21-5)9-7-11/h11-12H,6-9H2,1-5H3,(H3,17,18,19,20). The smallest absolute Gasteiger partial charge is 0.138 e. The van der Waals surface area contributed by atoms with Gasteiger partial charge in [0.2, 0.25) is 0 Å². The fraction of sp³-hybridized carbons (Fsp3) is 0.750. The van der Waals surface area contributed by atoms with Crippen LogP contribution in [0.3, 0.4) is 0 Å². The lowest BCUT2D eigenvalue weighted by molar-refractivity contribution is 0.471. The number of rotatable bonds is 3. The Morgan fingerprint density at radius 1 is 1.14 bits per heavy atom. The van der Waals surface area contributed by atoms with E-state index in [0.29, 0.717) is 11.9 Å². The highest BCUT2D eigenvalue weighted by atomic mass is 32.2. The Bertz CT molecular complexity index is 488. The number of anilines is 2. The van der Waals surface area contributed by atoms with Gasteiger partial charge in [-0.15, -0.1) is 0 Å². The Kier molecular flexibility index (Phi) is 5.02. The Balaban J connectivity index is 2.14. The Morgan fingerprint density at radius 2 is 1.76 bits per heavy atom. The van der Waals surface area contributed by atoms with Crippen LogP contribution < -0.4 is 11.1 Å². The number of nitrogens with one attached hydrogen (secondary N) is 1. The second-order valence-corrected chi connectivity index (χ2v) is 8.15. The SMILES string of the molecule is CSC1CCC(Nc2nc(C(C)(C)C)nc(N)c2C)CC1. The number of thioether (sulfide) groups is 1. The third-order valence-corrected chi connectivity index (χ3v) is 5.34. The van der Waals surface area contributed by atoms with Gasteiger partial charge in [0.05, 0.1) is 0 Å². The van der Waals surface area contributed by atoms with Crippen molar-refractivity contribution in [3.8, 4) is 0 Å². The van der Waals surface area contributed by atoms with Crippen LogP contribution in [0.5, 0.6) is 0 Å². The maximum Gasteiger partial charge on any atom is 0.138 e. The highest BCUT2D eigenvalue weighted by Crippen LogP contribution is 2.30. The van der Waals surface area contributed by atoms with Crippen LogP contribution in [0, 0.1) is 6.92 Å². The van der Waals surface area contributed by atoms with E-state index in [1.807, 2.05) is 18.7 Å². The van der Waals surface area contributed by atoms with Crippen molar-refractivity contribution in [2.45, 2.75) is 70.1 Å². The first-order chi connectivity index (χ1) is 9.81. The Labute approximate surface area is 132 Å². The topological polar surface area (TPSA) is 63.8 Å². The van der Waals surface area contributed by atoms with E-state index < -0.39 is 0 Å². The summed E-state index contributed by atoms with van der Waals surface area (Å²) in [7, 11) is 0. The molecule has 1 aliphatic carbocycles. The summed E-state index contributed by atoms with van der Waals surface area (Å²) in [6.07, 6.45) is 7.19. The zero-order chi connectivity index (χ0) is 15.6. The third kappa shape index (κ3) is 4.02. The summed E-state index contributed by atoms with van der Waals surface area (Å²) in [4.78, 5) is 9.18. The second-order valence-electron chi connectivity index (χ2n) is 7.01. The minimum absolute atomic E-state index is 0.0885. The highest BCUT2D eigenvalue weighted by molar-refractivity contribution is 7.99. The molecule has 118 valence electrons. The summed E-state index contributed by atoms with van der Waals surface area (Å²) >= 11 is 1.99. The van der Waals surface area contributed by atoms with Crippen molar-refractivity contribution in [3.05, 3.63) is 11.4 Å². The molecule has 0 aromatic carbocycles. The molecule has 3 N–H and O–H groups in total. The van der Waals surface area contributed by atoms with Crippen LogP contribution in [0.2, 0.25) is 0 Å². The summed E-state index contributed by atoms with van der Waals surface area (Å²) in [5.41, 5.74) is 6.95. The van der Waals surface area contributed by atoms with Crippen LogP contribution >= 0.6 is 11.8 Å². The molecule has 2 rings (SSSR count). The molecule has 1 saturated carbocycles. The predicted molar refractivity (Wildman–Crippen MR) is 93.1 cm³/mol. The maximum atomic E-state index is 6.07. The fourth-order valence-electron chi connectivity index (χ4n) is 2.65. The van der Waals surface area contributed by atoms with E-state index in [2.05, 4.69) is 37.3 Å². The molecular formula is C16H28N4S. The van der Waals surface area contributed by atoms with Crippen LogP contribution in [-0.4, -0.2) is 27.5 Å². The molecule has 4 nitrogen and oxygen atoms in total. The van der Waals surface area contributed by atoms with Crippen molar-refractivity contribution in [2.75, 3.05) is 17.3 Å². The van der Waals surface area contributed by atoms with E-state index in [1.54, 1.807) is 0 Å². The van der Waals surface area contributed by atoms with Gasteiger partial charge in [0.15, 0.2) is 0 Å². The number of nitrogen functional groups attached to an aromatic ring is 1. The number of nitrogens with zero attached hydrogens (tertiary/aromatic N) is 2. The van der Waals surface area contributed by atoms with Gasteiger partial charge in [-0.3, -0.25) is 0 Å². The van der Waals surface area contributed by atoms with Gasteiger partial charge in [-0.2, -0.15) is 11.8 Å². The van der Waals surface area contributed by atoms with Crippen molar-refractivity contribution in [1.29, 1.82) is 0 Å². The summed E-state index contributed by atoms with van der Waals surface area (Å²) in [5.74, 6) is 2.32. The van der Waals surface area contributed by atoms with Gasteiger partial charge in [-0.1, -0.05) is 20.8 Å². The molecule has 1 fully saturated rings. The summed E-state index contributed by atoms with van der Waals surface area (Å²) < 4.78 is 0. The highest BCUT2D eigenvalue weighted by Gasteiger charge is 2.24. The zero-order valence-electron chi connectivity index (χ0n) is 13.9. The normalized spacial score (nSPS) is 23.1. The molecule has 0 aliphatic heterocycles. The van der Waals surface area contributed by atoms with Gasteiger partial charge in [0, 0.05) is 22.3 Å².